The zero-order valence-electron chi connectivity index (χ0n) is 62.1. The van der Waals surface area contributed by atoms with E-state index in [0.29, 0.717) is 25.7 Å². The second-order valence-electron chi connectivity index (χ2n) is 27.4. The molecule has 0 spiro atoms. The molecule has 0 fully saturated rings. The number of esters is 4. The number of allylic oxidation sites excluding steroid dienone is 2. The van der Waals surface area contributed by atoms with Gasteiger partial charge in [-0.1, -0.05) is 335 Å². The Labute approximate surface area is 587 Å². The molecule has 0 heterocycles. The fraction of sp³-hybridized carbons (Fsp3) is 0.922. The van der Waals surface area contributed by atoms with E-state index in [0.717, 1.165) is 109 Å². The van der Waals surface area contributed by atoms with Crippen LogP contribution in [0.4, 0.5) is 0 Å². The van der Waals surface area contributed by atoms with Gasteiger partial charge in [-0.25, -0.2) is 9.13 Å². The summed E-state index contributed by atoms with van der Waals surface area (Å²) in [6.45, 7) is 4.98. The van der Waals surface area contributed by atoms with Gasteiger partial charge in [-0.05, 0) is 51.4 Å². The van der Waals surface area contributed by atoms with Crippen molar-refractivity contribution in [3.8, 4) is 0 Å². The summed E-state index contributed by atoms with van der Waals surface area (Å²) in [5.41, 5.74) is 0. The Morgan fingerprint density at radius 3 is 0.729 bits per heavy atom. The molecular weight excluding hydrogens is 1260 g/mol. The van der Waals surface area contributed by atoms with Crippen LogP contribution in [0.3, 0.4) is 0 Å². The van der Waals surface area contributed by atoms with Crippen molar-refractivity contribution in [3.63, 3.8) is 0 Å². The second-order valence-corrected chi connectivity index (χ2v) is 30.3. The summed E-state index contributed by atoms with van der Waals surface area (Å²) >= 11 is 0. The molecule has 0 amide bonds. The second kappa shape index (κ2) is 71.2. The van der Waals surface area contributed by atoms with E-state index < -0.39 is 97.5 Å². The smallest absolute Gasteiger partial charge is 0.462 e. The molecule has 96 heavy (non-hydrogen) atoms. The summed E-state index contributed by atoms with van der Waals surface area (Å²) in [7, 11) is -9.92. The Bertz CT molecular complexity index is 1870. The Balaban J connectivity index is 5.26. The molecule has 5 atom stereocenters. The molecule has 568 valence electrons. The van der Waals surface area contributed by atoms with Crippen molar-refractivity contribution in [2.75, 3.05) is 39.6 Å². The molecular formula is C77H148O17P2. The van der Waals surface area contributed by atoms with E-state index in [2.05, 4.69) is 39.8 Å². The average molecular weight is 1410 g/mol. The maximum atomic E-state index is 13.1. The maximum Gasteiger partial charge on any atom is 0.472 e. The molecule has 0 aromatic rings. The minimum absolute atomic E-state index is 0.105. The largest absolute Gasteiger partial charge is 0.472 e. The van der Waals surface area contributed by atoms with E-state index in [1.165, 1.54) is 212 Å². The van der Waals surface area contributed by atoms with Crippen molar-refractivity contribution in [1.82, 2.24) is 0 Å². The lowest BCUT2D eigenvalue weighted by Gasteiger charge is -2.21. The zero-order valence-corrected chi connectivity index (χ0v) is 63.9. The third kappa shape index (κ3) is 70.2. The van der Waals surface area contributed by atoms with Crippen LogP contribution in [0.1, 0.15) is 400 Å². The summed E-state index contributed by atoms with van der Waals surface area (Å²) < 4.78 is 68.6. The number of hydrogen-bond acceptors (Lipinski definition) is 15. The van der Waals surface area contributed by atoms with Gasteiger partial charge in [0.05, 0.1) is 26.4 Å². The lowest BCUT2D eigenvalue weighted by Crippen LogP contribution is -2.30. The Kier molecular flexibility index (Phi) is 69.6. The molecule has 19 heteroatoms. The minimum atomic E-state index is -4.96. The molecule has 0 bridgehead atoms. The first-order chi connectivity index (χ1) is 46.7. The topological polar surface area (TPSA) is 237 Å². The Morgan fingerprint density at radius 1 is 0.281 bits per heavy atom. The van der Waals surface area contributed by atoms with Crippen LogP contribution in [-0.2, 0) is 65.4 Å². The van der Waals surface area contributed by atoms with Crippen LogP contribution in [0.2, 0.25) is 0 Å². The molecule has 0 radical (unpaired) electrons. The van der Waals surface area contributed by atoms with Gasteiger partial charge in [0, 0.05) is 25.7 Å². The number of aliphatic hydroxyl groups excluding tert-OH is 1. The highest BCUT2D eigenvalue weighted by atomic mass is 31.2. The van der Waals surface area contributed by atoms with Crippen molar-refractivity contribution >= 4 is 39.5 Å². The average Bonchev–Trinajstić information content (AvgIpc) is 1.14. The van der Waals surface area contributed by atoms with Crippen molar-refractivity contribution < 1.29 is 80.2 Å². The number of phosphoric acid groups is 2. The van der Waals surface area contributed by atoms with Crippen LogP contribution >= 0.6 is 15.6 Å². The zero-order chi connectivity index (χ0) is 70.4. The SMILES string of the molecule is CCCCCC/C=C\CCCCCCCCCC(=O)OC[C@H](COP(=O)(O)OC[C@@H](O)COP(=O)(O)OC[C@@H](COC(=O)CCCCCCCCCCCCCCCCC)OC(=O)CCCCCCCCCCCCCCC)OC(=O)CCCCCCCCCCCCCCC. The van der Waals surface area contributed by atoms with Gasteiger partial charge in [0.2, 0.25) is 0 Å². The lowest BCUT2D eigenvalue weighted by molar-refractivity contribution is -0.161. The molecule has 17 nitrogen and oxygen atoms in total. The first-order valence-corrected chi connectivity index (χ1v) is 42.9. The van der Waals surface area contributed by atoms with E-state index in [4.69, 9.17) is 37.0 Å². The number of carbonyl (C=O) groups excluding carboxylic acids is 4. The highest BCUT2D eigenvalue weighted by Crippen LogP contribution is 2.45. The number of hydrogen-bond donors (Lipinski definition) is 3. The van der Waals surface area contributed by atoms with E-state index in [9.17, 15) is 43.2 Å². The maximum absolute atomic E-state index is 13.1. The van der Waals surface area contributed by atoms with Crippen molar-refractivity contribution in [2.24, 2.45) is 0 Å². The molecule has 0 aliphatic carbocycles. The third-order valence-corrected chi connectivity index (χ3v) is 19.7. The number of carbonyl (C=O) groups is 4. The highest BCUT2D eigenvalue weighted by molar-refractivity contribution is 7.47. The molecule has 0 aliphatic rings. The molecule has 0 rings (SSSR count). The van der Waals surface area contributed by atoms with Gasteiger partial charge in [0.25, 0.3) is 0 Å². The summed E-state index contributed by atoms with van der Waals surface area (Å²) in [5, 5.41) is 10.6. The van der Waals surface area contributed by atoms with Gasteiger partial charge in [0.1, 0.15) is 19.3 Å². The van der Waals surface area contributed by atoms with Gasteiger partial charge < -0.3 is 33.8 Å². The lowest BCUT2D eigenvalue weighted by atomic mass is 10.0. The number of ether oxygens (including phenoxy) is 4. The van der Waals surface area contributed by atoms with Gasteiger partial charge in [-0.2, -0.15) is 0 Å². The van der Waals surface area contributed by atoms with Gasteiger partial charge >= 0.3 is 39.5 Å². The van der Waals surface area contributed by atoms with Crippen LogP contribution in [0.25, 0.3) is 0 Å². The van der Waals surface area contributed by atoms with Crippen LogP contribution in [-0.4, -0.2) is 96.7 Å². The van der Waals surface area contributed by atoms with E-state index in [-0.39, 0.29) is 25.7 Å². The van der Waals surface area contributed by atoms with E-state index in [1.807, 2.05) is 0 Å². The van der Waals surface area contributed by atoms with Crippen molar-refractivity contribution in [3.05, 3.63) is 12.2 Å². The molecule has 0 aromatic carbocycles. The van der Waals surface area contributed by atoms with Gasteiger partial charge in [-0.15, -0.1) is 0 Å². The van der Waals surface area contributed by atoms with E-state index >= 15 is 0 Å². The molecule has 0 aliphatic heterocycles. The van der Waals surface area contributed by atoms with E-state index in [1.54, 1.807) is 0 Å². The van der Waals surface area contributed by atoms with Crippen molar-refractivity contribution in [2.45, 2.75) is 418 Å². The number of unbranched alkanes of at least 4 members (excludes halogenated alkanes) is 49. The predicted octanol–water partition coefficient (Wildman–Crippen LogP) is 22.8. The quantitative estimate of drug-likeness (QED) is 0.0169. The monoisotopic (exact) mass is 1410 g/mol. The number of aliphatic hydroxyl groups is 1. The summed E-state index contributed by atoms with van der Waals surface area (Å²) in [4.78, 5) is 72.9. The van der Waals surface area contributed by atoms with Crippen LogP contribution in [0.5, 0.6) is 0 Å². The highest BCUT2D eigenvalue weighted by Gasteiger charge is 2.30. The van der Waals surface area contributed by atoms with Gasteiger partial charge in [0.15, 0.2) is 12.2 Å². The fourth-order valence-electron chi connectivity index (χ4n) is 11.6. The van der Waals surface area contributed by atoms with Gasteiger partial charge in [-0.3, -0.25) is 37.3 Å². The first kappa shape index (κ1) is 93.8. The summed E-state index contributed by atoms with van der Waals surface area (Å²) in [5.74, 6) is -2.12. The Hall–Kier alpha value is -2.20. The minimum Gasteiger partial charge on any atom is -0.462 e. The summed E-state index contributed by atoms with van der Waals surface area (Å²) in [6.07, 6.45) is 63.2. The van der Waals surface area contributed by atoms with Crippen LogP contribution in [0, 0.1) is 0 Å². The van der Waals surface area contributed by atoms with Crippen molar-refractivity contribution in [1.29, 1.82) is 0 Å². The summed E-state index contributed by atoms with van der Waals surface area (Å²) in [6, 6.07) is 0. The molecule has 0 saturated carbocycles. The predicted molar refractivity (Wildman–Crippen MR) is 391 cm³/mol. The molecule has 0 aromatic heterocycles. The standard InChI is InChI=1S/C77H148O17P2/c1-5-9-13-17-21-25-29-33-35-39-41-45-49-53-57-61-74(79)87-67-72(93-76(81)63-59-55-51-47-43-37-31-27-23-19-15-11-7-3)69-91-95(83,84)89-65-71(78)66-90-96(85,86)92-70-73(94-77(82)64-60-56-52-48-44-38-32-28-24-20-16-12-8-4)68-88-75(80)62-58-54-50-46-42-40-36-34-30-26-22-18-14-10-6-2/h25,29,71-73,78H,5-24,26-28,30-70H2,1-4H3,(H,83,84)(H,85,86)/b29-25-/t71-,72-,73-/m1/s1. The van der Waals surface area contributed by atoms with Crippen LogP contribution in [0.15, 0.2) is 12.2 Å². The van der Waals surface area contributed by atoms with Crippen LogP contribution < -0.4 is 0 Å². The first-order valence-electron chi connectivity index (χ1n) is 39.9. The normalized spacial score (nSPS) is 13.9. The number of rotatable bonds is 77. The molecule has 0 saturated heterocycles. The number of phosphoric ester groups is 2. The Morgan fingerprint density at radius 2 is 0.479 bits per heavy atom. The molecule has 3 N–H and O–H groups in total. The molecule has 2 unspecified atom stereocenters. The fourth-order valence-corrected chi connectivity index (χ4v) is 13.2. The third-order valence-electron chi connectivity index (χ3n) is 17.8.